The van der Waals surface area contributed by atoms with Crippen molar-refractivity contribution in [3.8, 4) is 0 Å². The highest BCUT2D eigenvalue weighted by Gasteiger charge is 2.29. The van der Waals surface area contributed by atoms with Gasteiger partial charge in [-0.25, -0.2) is 0 Å². The van der Waals surface area contributed by atoms with Gasteiger partial charge in [-0.1, -0.05) is 27.7 Å². The first-order valence-electron chi connectivity index (χ1n) is 9.24. The van der Waals surface area contributed by atoms with Crippen LogP contribution in [0.15, 0.2) is 4.99 Å². The molecule has 154 valence electrons. The summed E-state index contributed by atoms with van der Waals surface area (Å²) in [6.45, 7) is 7.46. The molecule has 0 spiro atoms. The van der Waals surface area contributed by atoms with Crippen molar-refractivity contribution < 1.29 is 30.3 Å². The van der Waals surface area contributed by atoms with Crippen LogP contribution in [0.4, 0.5) is 0 Å². The first kappa shape index (κ1) is 25.1. The maximum absolute atomic E-state index is 12.2. The normalized spacial score (nSPS) is 18.3. The monoisotopic (exact) mass is 376 g/mol. The van der Waals surface area contributed by atoms with E-state index >= 15 is 0 Å². The van der Waals surface area contributed by atoms with Gasteiger partial charge in [-0.15, -0.1) is 0 Å². The van der Waals surface area contributed by atoms with Crippen molar-refractivity contribution in [3.05, 3.63) is 0 Å². The molecule has 0 aromatic rings. The number of hydrogen-bond donors (Lipinski definition) is 6. The molecule has 0 bridgehead atoms. The van der Waals surface area contributed by atoms with Gasteiger partial charge in [-0.05, 0) is 19.3 Å². The Morgan fingerprint density at radius 2 is 1.65 bits per heavy atom. The number of aliphatic hydroxyl groups is 5. The van der Waals surface area contributed by atoms with Gasteiger partial charge in [0.05, 0.1) is 12.6 Å². The van der Waals surface area contributed by atoms with Crippen LogP contribution in [0.25, 0.3) is 0 Å². The molecule has 0 fully saturated rings. The second-order valence-corrected chi connectivity index (χ2v) is 7.20. The molecule has 0 aromatic carbocycles. The van der Waals surface area contributed by atoms with Crippen molar-refractivity contribution in [2.75, 3.05) is 13.2 Å². The number of nitrogens with one attached hydrogen (secondary N) is 1. The van der Waals surface area contributed by atoms with Crippen molar-refractivity contribution in [2.45, 2.75) is 83.5 Å². The van der Waals surface area contributed by atoms with Gasteiger partial charge in [0.2, 0.25) is 0 Å². The molecule has 0 aliphatic rings. The van der Waals surface area contributed by atoms with E-state index in [0.29, 0.717) is 19.4 Å². The molecule has 0 radical (unpaired) electrons. The highest BCUT2D eigenvalue weighted by molar-refractivity contribution is 5.85. The third-order valence-corrected chi connectivity index (χ3v) is 4.02. The van der Waals surface area contributed by atoms with Gasteiger partial charge in [0.1, 0.15) is 24.4 Å². The summed E-state index contributed by atoms with van der Waals surface area (Å²) in [5.41, 5.74) is 0. The summed E-state index contributed by atoms with van der Waals surface area (Å²) < 4.78 is 0. The Hall–Kier alpha value is -0.900. The lowest BCUT2D eigenvalue weighted by Gasteiger charge is -2.23. The van der Waals surface area contributed by atoms with E-state index in [4.69, 9.17) is 5.11 Å². The van der Waals surface area contributed by atoms with Crippen LogP contribution in [0.1, 0.15) is 47.0 Å². The zero-order valence-corrected chi connectivity index (χ0v) is 16.2. The summed E-state index contributed by atoms with van der Waals surface area (Å²) >= 11 is 0. The summed E-state index contributed by atoms with van der Waals surface area (Å²) in [7, 11) is 0. The lowest BCUT2D eigenvalue weighted by atomic mass is 9.96. The third-order valence-electron chi connectivity index (χ3n) is 4.02. The Balaban J connectivity index is 4.26. The van der Waals surface area contributed by atoms with Crippen molar-refractivity contribution in [2.24, 2.45) is 10.9 Å². The predicted molar refractivity (Wildman–Crippen MR) is 100 cm³/mol. The summed E-state index contributed by atoms with van der Waals surface area (Å²) in [4.78, 5) is 16.2. The van der Waals surface area contributed by atoms with Gasteiger partial charge in [-0.3, -0.25) is 9.79 Å². The van der Waals surface area contributed by atoms with E-state index < -0.39 is 31.0 Å². The van der Waals surface area contributed by atoms with Crippen LogP contribution in [0.3, 0.4) is 0 Å². The Bertz CT molecular complexity index is 416. The molecule has 8 heteroatoms. The minimum absolute atomic E-state index is 0.0263. The first-order valence-corrected chi connectivity index (χ1v) is 9.24. The van der Waals surface area contributed by atoms with E-state index in [2.05, 4.69) is 10.3 Å². The molecule has 5 atom stereocenters. The minimum Gasteiger partial charge on any atom is -0.394 e. The van der Waals surface area contributed by atoms with Crippen molar-refractivity contribution in [1.29, 1.82) is 0 Å². The number of ketones is 1. The van der Waals surface area contributed by atoms with Crippen LogP contribution < -0.4 is 5.32 Å². The lowest BCUT2D eigenvalue weighted by Crippen LogP contribution is -2.46. The molecule has 0 aliphatic carbocycles. The van der Waals surface area contributed by atoms with Crippen LogP contribution >= 0.6 is 0 Å². The number of unbranched alkanes of at least 4 members (excludes halogenated alkanes) is 1. The van der Waals surface area contributed by atoms with Gasteiger partial charge in [0.25, 0.3) is 0 Å². The molecule has 0 saturated carbocycles. The third kappa shape index (κ3) is 9.70. The quantitative estimate of drug-likeness (QED) is 0.173. The Labute approximate surface area is 156 Å². The van der Waals surface area contributed by atoms with Crippen LogP contribution in [0.2, 0.25) is 0 Å². The Morgan fingerprint density at radius 1 is 1.04 bits per heavy atom. The first-order chi connectivity index (χ1) is 12.1. The van der Waals surface area contributed by atoms with Crippen molar-refractivity contribution in [1.82, 2.24) is 5.32 Å². The van der Waals surface area contributed by atoms with Gasteiger partial charge in [0.15, 0.2) is 5.78 Å². The summed E-state index contributed by atoms with van der Waals surface area (Å²) in [6, 6.07) is 0.0413. The number of aliphatic hydroxyl groups excluding tert-OH is 5. The molecule has 0 heterocycles. The molecule has 4 unspecified atom stereocenters. The smallest absolute Gasteiger partial charge is 0.152 e. The standard InChI is InChI=1S/C18H36N2O6/c1-11(2)16(24)13(20-12(3)4)7-5-6-8-19-9-14(22)17(25)18(26)15(23)10-21/h9,11-15,17-18,20-23,25-26H,5-8,10H2,1-4H3/t13-,14?,15?,17?,18?/m0/s1. The SMILES string of the molecule is CC(C)N[C@@H](CCCCN=CC(O)C(O)C(O)C(O)CO)C(=O)C(C)C. The van der Waals surface area contributed by atoms with E-state index in [-0.39, 0.29) is 23.8 Å². The zero-order chi connectivity index (χ0) is 20.3. The fourth-order valence-corrected chi connectivity index (χ4v) is 2.47. The Morgan fingerprint density at radius 3 is 2.15 bits per heavy atom. The maximum Gasteiger partial charge on any atom is 0.152 e. The number of carbonyl (C=O) groups excluding carboxylic acids is 1. The van der Waals surface area contributed by atoms with E-state index in [1.807, 2.05) is 27.7 Å². The van der Waals surface area contributed by atoms with Gasteiger partial charge in [0, 0.05) is 24.7 Å². The van der Waals surface area contributed by atoms with Gasteiger partial charge in [-0.2, -0.15) is 0 Å². The van der Waals surface area contributed by atoms with E-state index in [9.17, 15) is 25.2 Å². The fraction of sp³-hybridized carbons (Fsp3) is 0.889. The number of aliphatic imine (C=N–C) groups is 1. The molecular weight excluding hydrogens is 340 g/mol. The number of rotatable bonds is 14. The topological polar surface area (TPSA) is 143 Å². The van der Waals surface area contributed by atoms with Crippen LogP contribution in [0.5, 0.6) is 0 Å². The van der Waals surface area contributed by atoms with Crippen LogP contribution in [-0.4, -0.2) is 87.2 Å². The molecule has 0 aliphatic heterocycles. The zero-order valence-electron chi connectivity index (χ0n) is 16.2. The second-order valence-electron chi connectivity index (χ2n) is 7.20. The molecule has 0 rings (SSSR count). The number of nitrogens with zero attached hydrogens (tertiary/aromatic N) is 1. The molecule has 6 N–H and O–H groups in total. The van der Waals surface area contributed by atoms with Crippen LogP contribution in [-0.2, 0) is 4.79 Å². The number of hydrogen-bond acceptors (Lipinski definition) is 8. The minimum atomic E-state index is -1.66. The molecule has 26 heavy (non-hydrogen) atoms. The lowest BCUT2D eigenvalue weighted by molar-refractivity contribution is -0.124. The molecule has 0 amide bonds. The van der Waals surface area contributed by atoms with Gasteiger partial charge < -0.3 is 30.8 Å². The highest BCUT2D eigenvalue weighted by Crippen LogP contribution is 2.09. The average molecular weight is 376 g/mol. The molecule has 0 aromatic heterocycles. The van der Waals surface area contributed by atoms with Crippen molar-refractivity contribution in [3.63, 3.8) is 0 Å². The largest absolute Gasteiger partial charge is 0.394 e. The molecular formula is C18H36N2O6. The number of carbonyl (C=O) groups is 1. The maximum atomic E-state index is 12.2. The molecule has 8 nitrogen and oxygen atoms in total. The summed E-state index contributed by atoms with van der Waals surface area (Å²) in [6.07, 6.45) is -2.96. The van der Waals surface area contributed by atoms with E-state index in [0.717, 1.165) is 12.6 Å². The van der Waals surface area contributed by atoms with Crippen LogP contribution in [0, 0.1) is 5.92 Å². The fourth-order valence-electron chi connectivity index (χ4n) is 2.47. The molecule has 0 saturated heterocycles. The summed E-state index contributed by atoms with van der Waals surface area (Å²) in [5, 5.41) is 50.1. The highest BCUT2D eigenvalue weighted by atomic mass is 16.4. The average Bonchev–Trinajstić information content (AvgIpc) is 2.59. The van der Waals surface area contributed by atoms with E-state index in [1.165, 1.54) is 0 Å². The van der Waals surface area contributed by atoms with Gasteiger partial charge >= 0.3 is 0 Å². The predicted octanol–water partition coefficient (Wildman–Crippen LogP) is -0.745. The van der Waals surface area contributed by atoms with Crippen molar-refractivity contribution >= 4 is 12.0 Å². The summed E-state index contributed by atoms with van der Waals surface area (Å²) in [5.74, 6) is 0.166. The Kier molecular flexibility index (Phi) is 12.8. The second kappa shape index (κ2) is 13.3. The van der Waals surface area contributed by atoms with E-state index in [1.54, 1.807) is 0 Å². The number of Topliss-reactive ketones (excluding diaryl/α,β-unsaturated/α-hetero) is 1.